The molecule has 0 fully saturated rings. The van der Waals surface area contributed by atoms with Gasteiger partial charge >= 0.3 is 0 Å². The van der Waals surface area contributed by atoms with E-state index in [2.05, 4.69) is 107 Å². The zero-order valence-electron chi connectivity index (χ0n) is 21.6. The summed E-state index contributed by atoms with van der Waals surface area (Å²) in [5.74, 6) is 0. The monoisotopic (exact) mass is 499 g/mol. The second-order valence-electron chi connectivity index (χ2n) is 9.74. The first kappa shape index (κ1) is 24.3. The molecule has 6 rings (SSSR count). The van der Waals surface area contributed by atoms with Gasteiger partial charge in [0.15, 0.2) is 0 Å². The van der Waals surface area contributed by atoms with E-state index in [1.807, 2.05) is 0 Å². The molecule has 4 aromatic carbocycles. The number of nitrogens with one attached hydrogen (secondary N) is 1. The maximum Gasteiger partial charge on any atom is 0.0730 e. The summed E-state index contributed by atoms with van der Waals surface area (Å²) < 4.78 is 0. The number of para-hydroxylation sites is 4. The molecule has 0 bridgehead atoms. The molecule has 0 aliphatic heterocycles. The van der Waals surface area contributed by atoms with E-state index < -0.39 is 0 Å². The van der Waals surface area contributed by atoms with E-state index in [1.54, 1.807) is 0 Å². The second-order valence-corrected chi connectivity index (χ2v) is 9.74. The average Bonchev–Trinajstić information content (AvgIpc) is 2.97. The molecule has 6 aromatic rings. The lowest BCUT2D eigenvalue weighted by atomic mass is 10.0. The number of hydrogen-bond donors (Lipinski definition) is 2. The van der Waals surface area contributed by atoms with Gasteiger partial charge in [-0.2, -0.15) is 0 Å². The van der Waals surface area contributed by atoms with Gasteiger partial charge in [-0.15, -0.1) is 0 Å². The number of anilines is 2. The van der Waals surface area contributed by atoms with Crippen LogP contribution in [-0.2, 0) is 0 Å². The summed E-state index contributed by atoms with van der Waals surface area (Å²) in [5, 5.41) is 8.20. The molecule has 0 saturated heterocycles. The number of rotatable bonds is 10. The highest BCUT2D eigenvalue weighted by molar-refractivity contribution is 6.15. The van der Waals surface area contributed by atoms with Crippen LogP contribution in [0.3, 0.4) is 0 Å². The Balaban J connectivity index is 1.56. The minimum atomic E-state index is 0.727. The molecule has 5 nitrogen and oxygen atoms in total. The Morgan fingerprint density at radius 1 is 0.526 bits per heavy atom. The number of fused-ring (bicyclic) bond motifs is 4. The third-order valence-corrected chi connectivity index (χ3v) is 7.20. The maximum absolute atomic E-state index is 5.66. The lowest BCUT2D eigenvalue weighted by Gasteiger charge is -2.30. The van der Waals surface area contributed by atoms with Crippen molar-refractivity contribution in [3.63, 3.8) is 0 Å². The Morgan fingerprint density at radius 2 is 0.921 bits per heavy atom. The fraction of sp³-hybridized carbons (Fsp3) is 0.212. The highest BCUT2D eigenvalue weighted by Gasteiger charge is 2.21. The van der Waals surface area contributed by atoms with Crippen molar-refractivity contribution in [3.8, 4) is 0 Å². The van der Waals surface area contributed by atoms with Crippen molar-refractivity contribution in [1.82, 2.24) is 15.3 Å². The lowest BCUT2D eigenvalue weighted by molar-refractivity contribution is 0.609. The summed E-state index contributed by atoms with van der Waals surface area (Å²) in [4.78, 5) is 12.6. The molecule has 2 heterocycles. The van der Waals surface area contributed by atoms with E-state index in [4.69, 9.17) is 15.7 Å². The molecule has 0 amide bonds. The minimum absolute atomic E-state index is 0.727. The summed E-state index contributed by atoms with van der Waals surface area (Å²) in [7, 11) is 0. The van der Waals surface area contributed by atoms with Crippen LogP contribution in [0.15, 0.2) is 97.1 Å². The van der Waals surface area contributed by atoms with Crippen molar-refractivity contribution in [3.05, 3.63) is 97.1 Å². The van der Waals surface area contributed by atoms with Gasteiger partial charge in [0.25, 0.3) is 0 Å². The van der Waals surface area contributed by atoms with Crippen LogP contribution >= 0.6 is 0 Å². The van der Waals surface area contributed by atoms with Crippen molar-refractivity contribution in [2.75, 3.05) is 31.1 Å². The number of pyridine rings is 2. The topological polar surface area (TPSA) is 67.1 Å². The SMILES string of the molecule is NCCCNCCCCN(c1c2ccccc2nc2ccccc12)c1c2ccccc2nc2ccccc12. The molecule has 38 heavy (non-hydrogen) atoms. The van der Waals surface area contributed by atoms with Crippen LogP contribution in [-0.4, -0.2) is 36.1 Å². The summed E-state index contributed by atoms with van der Waals surface area (Å²) in [6, 6.07) is 34.0. The van der Waals surface area contributed by atoms with E-state index >= 15 is 0 Å². The molecule has 0 radical (unpaired) electrons. The molecule has 0 saturated carbocycles. The molecule has 5 heteroatoms. The molecule has 0 aliphatic rings. The third kappa shape index (κ3) is 4.67. The van der Waals surface area contributed by atoms with E-state index in [0.29, 0.717) is 0 Å². The van der Waals surface area contributed by atoms with Gasteiger partial charge in [-0.25, -0.2) is 9.97 Å². The quantitative estimate of drug-likeness (QED) is 0.158. The highest BCUT2D eigenvalue weighted by Crippen LogP contribution is 2.43. The van der Waals surface area contributed by atoms with Gasteiger partial charge < -0.3 is 16.0 Å². The first-order valence-electron chi connectivity index (χ1n) is 13.6. The normalized spacial score (nSPS) is 11.6. The Labute approximate surface area is 223 Å². The van der Waals surface area contributed by atoms with Crippen LogP contribution in [0, 0.1) is 0 Å². The van der Waals surface area contributed by atoms with Gasteiger partial charge in [-0.3, -0.25) is 0 Å². The molecular weight excluding hydrogens is 466 g/mol. The van der Waals surface area contributed by atoms with Crippen LogP contribution in [0.25, 0.3) is 43.6 Å². The first-order valence-corrected chi connectivity index (χ1v) is 13.6. The van der Waals surface area contributed by atoms with Crippen LogP contribution in [0.2, 0.25) is 0 Å². The lowest BCUT2D eigenvalue weighted by Crippen LogP contribution is -2.23. The van der Waals surface area contributed by atoms with Gasteiger partial charge in [0.2, 0.25) is 0 Å². The van der Waals surface area contributed by atoms with Crippen molar-refractivity contribution in [1.29, 1.82) is 0 Å². The van der Waals surface area contributed by atoms with Crippen LogP contribution in [0.1, 0.15) is 19.3 Å². The molecule has 0 unspecified atom stereocenters. The van der Waals surface area contributed by atoms with Crippen molar-refractivity contribution in [2.24, 2.45) is 5.73 Å². The van der Waals surface area contributed by atoms with Gasteiger partial charge in [-0.05, 0) is 63.2 Å². The zero-order valence-corrected chi connectivity index (χ0v) is 21.6. The Bertz CT molecular complexity index is 1480. The Morgan fingerprint density at radius 3 is 1.34 bits per heavy atom. The van der Waals surface area contributed by atoms with E-state index in [9.17, 15) is 0 Å². The summed E-state index contributed by atoms with van der Waals surface area (Å²) >= 11 is 0. The summed E-state index contributed by atoms with van der Waals surface area (Å²) in [6.07, 6.45) is 3.14. The van der Waals surface area contributed by atoms with E-state index in [1.165, 1.54) is 11.4 Å². The molecule has 3 N–H and O–H groups in total. The Kier molecular flexibility index (Phi) is 7.12. The van der Waals surface area contributed by atoms with Gasteiger partial charge in [-0.1, -0.05) is 72.8 Å². The fourth-order valence-electron chi connectivity index (χ4n) is 5.42. The number of aromatic nitrogens is 2. The molecular formula is C33H33N5. The standard InChI is InChI=1S/C33H33N5/c34-20-11-22-35-21-9-10-23-38(32-24-12-1-5-16-28(24)36-29-17-6-2-13-25(29)32)33-26-14-3-7-18-30(26)37-31-19-8-4-15-27(31)33/h1-8,12-19,35H,9-11,20-23,34H2. The molecule has 2 aromatic heterocycles. The van der Waals surface area contributed by atoms with Gasteiger partial charge in [0, 0.05) is 28.1 Å². The number of nitrogens with two attached hydrogens (primary N) is 1. The number of nitrogens with zero attached hydrogens (tertiary/aromatic N) is 3. The molecule has 0 aliphatic carbocycles. The van der Waals surface area contributed by atoms with Crippen molar-refractivity contribution >= 4 is 55.0 Å². The molecule has 0 atom stereocenters. The average molecular weight is 500 g/mol. The van der Waals surface area contributed by atoms with Gasteiger partial charge in [0.1, 0.15) is 0 Å². The van der Waals surface area contributed by atoms with E-state index in [-0.39, 0.29) is 0 Å². The fourth-order valence-corrected chi connectivity index (χ4v) is 5.42. The number of hydrogen-bond acceptors (Lipinski definition) is 5. The number of benzene rings is 4. The van der Waals surface area contributed by atoms with Crippen LogP contribution in [0.5, 0.6) is 0 Å². The first-order chi connectivity index (χ1) is 18.8. The minimum Gasteiger partial charge on any atom is -0.339 e. The van der Waals surface area contributed by atoms with Crippen LogP contribution < -0.4 is 16.0 Å². The summed E-state index contributed by atoms with van der Waals surface area (Å²) in [5.41, 5.74) is 12.1. The largest absolute Gasteiger partial charge is 0.339 e. The van der Waals surface area contributed by atoms with Crippen molar-refractivity contribution in [2.45, 2.75) is 19.3 Å². The highest BCUT2D eigenvalue weighted by atomic mass is 15.1. The smallest absolute Gasteiger partial charge is 0.0730 e. The van der Waals surface area contributed by atoms with Crippen LogP contribution in [0.4, 0.5) is 11.4 Å². The molecule has 0 spiro atoms. The predicted octanol–water partition coefficient (Wildman–Crippen LogP) is 6.95. The van der Waals surface area contributed by atoms with Crippen molar-refractivity contribution < 1.29 is 0 Å². The molecule has 190 valence electrons. The van der Waals surface area contributed by atoms with E-state index in [0.717, 1.165) is 89.1 Å². The second kappa shape index (κ2) is 11.1. The summed E-state index contributed by atoms with van der Waals surface area (Å²) in [6.45, 7) is 3.57. The number of unbranched alkanes of at least 4 members (excludes halogenated alkanes) is 1. The zero-order chi connectivity index (χ0) is 25.7. The van der Waals surface area contributed by atoms with Gasteiger partial charge in [0.05, 0.1) is 33.4 Å². The maximum atomic E-state index is 5.66. The predicted molar refractivity (Wildman–Crippen MR) is 161 cm³/mol. The third-order valence-electron chi connectivity index (χ3n) is 7.20. The Hall–Kier alpha value is -4.06.